The molecule has 0 saturated carbocycles. The van der Waals surface area contributed by atoms with E-state index in [-0.39, 0.29) is 23.8 Å². The van der Waals surface area contributed by atoms with Crippen molar-refractivity contribution in [3.63, 3.8) is 0 Å². The van der Waals surface area contributed by atoms with E-state index in [1.807, 2.05) is 30.3 Å². The number of sulfonamides is 1. The molecule has 1 amide bonds. The van der Waals surface area contributed by atoms with Crippen LogP contribution in [0.1, 0.15) is 22.1 Å². The van der Waals surface area contributed by atoms with Crippen LogP contribution in [0, 0.1) is 11.8 Å². The van der Waals surface area contributed by atoms with Gasteiger partial charge in [0.05, 0.1) is 12.3 Å². The van der Waals surface area contributed by atoms with E-state index in [4.69, 9.17) is 0 Å². The van der Waals surface area contributed by atoms with Crippen LogP contribution in [0.15, 0.2) is 48.7 Å². The van der Waals surface area contributed by atoms with Gasteiger partial charge in [-0.05, 0) is 23.6 Å². The molecule has 0 N–H and O–H groups in total. The molecule has 2 aromatic rings. The van der Waals surface area contributed by atoms with Gasteiger partial charge >= 0.3 is 0 Å². The van der Waals surface area contributed by atoms with Crippen molar-refractivity contribution in [3.8, 4) is 0 Å². The molecule has 2 aliphatic heterocycles. The number of benzene rings is 1. The lowest BCUT2D eigenvalue weighted by Gasteiger charge is -2.28. The first kappa shape index (κ1) is 17.1. The van der Waals surface area contributed by atoms with Crippen LogP contribution >= 0.6 is 0 Å². The minimum Gasteiger partial charge on any atom is -0.337 e. The van der Waals surface area contributed by atoms with Crippen LogP contribution in [-0.4, -0.2) is 59.6 Å². The Morgan fingerprint density at radius 3 is 2.50 bits per heavy atom. The molecule has 0 aliphatic carbocycles. The van der Waals surface area contributed by atoms with E-state index in [0.717, 1.165) is 5.56 Å². The van der Waals surface area contributed by atoms with Crippen molar-refractivity contribution >= 4 is 15.9 Å². The molecule has 3 atom stereocenters. The summed E-state index contributed by atoms with van der Waals surface area (Å²) in [7, 11) is -3.32. The average molecular weight is 372 g/mol. The van der Waals surface area contributed by atoms with E-state index in [0.29, 0.717) is 25.3 Å². The SMILES string of the molecule is CS(=O)(=O)N1C[C@H]2CN(C(=O)c3cccnn3)C[C@H]2[C@@H]1c1ccccc1. The number of likely N-dealkylation sites (tertiary alicyclic amines) is 1. The van der Waals surface area contributed by atoms with Crippen LogP contribution in [0.3, 0.4) is 0 Å². The van der Waals surface area contributed by atoms with Crippen molar-refractivity contribution in [3.05, 3.63) is 59.9 Å². The van der Waals surface area contributed by atoms with E-state index >= 15 is 0 Å². The highest BCUT2D eigenvalue weighted by Crippen LogP contribution is 2.46. The Morgan fingerprint density at radius 2 is 1.85 bits per heavy atom. The molecule has 1 aromatic carbocycles. The third-order valence-electron chi connectivity index (χ3n) is 5.27. The number of carbonyl (C=O) groups excluding carboxylic acids is 1. The second kappa shape index (κ2) is 6.44. The van der Waals surface area contributed by atoms with Crippen molar-refractivity contribution in [1.29, 1.82) is 0 Å². The number of hydrogen-bond acceptors (Lipinski definition) is 5. The second-order valence-corrected chi connectivity index (χ2v) is 8.87. The zero-order valence-electron chi connectivity index (χ0n) is 14.4. The molecule has 2 aliphatic rings. The van der Waals surface area contributed by atoms with Crippen LogP contribution in [-0.2, 0) is 10.0 Å². The van der Waals surface area contributed by atoms with Gasteiger partial charge in [-0.3, -0.25) is 4.79 Å². The highest BCUT2D eigenvalue weighted by atomic mass is 32.2. The first-order chi connectivity index (χ1) is 12.4. The normalized spacial score (nSPS) is 26.0. The first-order valence-electron chi connectivity index (χ1n) is 8.54. The number of carbonyl (C=O) groups is 1. The van der Waals surface area contributed by atoms with E-state index in [1.54, 1.807) is 21.3 Å². The molecule has 1 aromatic heterocycles. The molecule has 0 bridgehead atoms. The predicted octanol–water partition coefficient (Wildman–Crippen LogP) is 1.18. The van der Waals surface area contributed by atoms with Gasteiger partial charge < -0.3 is 4.90 Å². The summed E-state index contributed by atoms with van der Waals surface area (Å²) in [5, 5.41) is 7.67. The van der Waals surface area contributed by atoms with Crippen LogP contribution in [0.5, 0.6) is 0 Å². The number of fused-ring (bicyclic) bond motifs is 1. The predicted molar refractivity (Wildman–Crippen MR) is 95.6 cm³/mol. The highest BCUT2D eigenvalue weighted by molar-refractivity contribution is 7.88. The van der Waals surface area contributed by atoms with Gasteiger partial charge in [0.25, 0.3) is 5.91 Å². The number of hydrogen-bond donors (Lipinski definition) is 0. The standard InChI is InChI=1S/C18H20N4O3S/c1-26(24,25)22-11-14-10-21(18(23)16-8-5-9-19-20-16)12-15(14)17(22)13-6-3-2-4-7-13/h2-9,14-15,17H,10-12H2,1H3/t14-,15-,17+/m1/s1. The Bertz CT molecular complexity index is 905. The largest absolute Gasteiger partial charge is 0.337 e. The molecule has 3 heterocycles. The van der Waals surface area contributed by atoms with Gasteiger partial charge in [0.2, 0.25) is 10.0 Å². The van der Waals surface area contributed by atoms with Gasteiger partial charge in [-0.2, -0.15) is 9.40 Å². The summed E-state index contributed by atoms with van der Waals surface area (Å²) in [5.74, 6) is 0.0496. The molecule has 136 valence electrons. The maximum Gasteiger partial charge on any atom is 0.274 e. The molecule has 7 nitrogen and oxygen atoms in total. The Balaban J connectivity index is 1.62. The summed E-state index contributed by atoms with van der Waals surface area (Å²) in [6.45, 7) is 1.49. The molecule has 0 spiro atoms. The van der Waals surface area contributed by atoms with Crippen molar-refractivity contribution in [1.82, 2.24) is 19.4 Å². The minimum absolute atomic E-state index is 0.0766. The summed E-state index contributed by atoms with van der Waals surface area (Å²) in [4.78, 5) is 14.5. The Kier molecular flexibility index (Phi) is 4.24. The number of aromatic nitrogens is 2. The molecular weight excluding hydrogens is 352 g/mol. The van der Waals surface area contributed by atoms with Crippen molar-refractivity contribution in [2.24, 2.45) is 11.8 Å². The summed E-state index contributed by atoms with van der Waals surface area (Å²) >= 11 is 0. The van der Waals surface area contributed by atoms with Gasteiger partial charge in [-0.1, -0.05) is 30.3 Å². The third kappa shape index (κ3) is 2.99. The summed E-state index contributed by atoms with van der Waals surface area (Å²) < 4.78 is 26.2. The van der Waals surface area contributed by atoms with Crippen LogP contribution in [0.2, 0.25) is 0 Å². The number of amides is 1. The minimum atomic E-state index is -3.32. The molecule has 2 saturated heterocycles. The lowest BCUT2D eigenvalue weighted by Crippen LogP contribution is -2.37. The van der Waals surface area contributed by atoms with Crippen LogP contribution in [0.25, 0.3) is 0 Å². The first-order valence-corrected chi connectivity index (χ1v) is 10.4. The number of rotatable bonds is 3. The van der Waals surface area contributed by atoms with Crippen LogP contribution in [0.4, 0.5) is 0 Å². The molecule has 0 radical (unpaired) electrons. The van der Waals surface area contributed by atoms with Crippen molar-refractivity contribution in [2.75, 3.05) is 25.9 Å². The lowest BCUT2D eigenvalue weighted by atomic mass is 9.90. The van der Waals surface area contributed by atoms with E-state index < -0.39 is 10.0 Å². The van der Waals surface area contributed by atoms with Gasteiger partial charge in [-0.25, -0.2) is 8.42 Å². The van der Waals surface area contributed by atoms with E-state index in [2.05, 4.69) is 10.2 Å². The second-order valence-electron chi connectivity index (χ2n) is 6.93. The fourth-order valence-electron chi connectivity index (χ4n) is 4.15. The maximum atomic E-state index is 12.7. The lowest BCUT2D eigenvalue weighted by molar-refractivity contribution is 0.0767. The van der Waals surface area contributed by atoms with E-state index in [1.165, 1.54) is 12.5 Å². The fourth-order valence-corrected chi connectivity index (χ4v) is 5.31. The highest BCUT2D eigenvalue weighted by Gasteiger charge is 2.51. The molecule has 4 rings (SSSR count). The topological polar surface area (TPSA) is 83.5 Å². The third-order valence-corrected chi connectivity index (χ3v) is 6.50. The van der Waals surface area contributed by atoms with Crippen molar-refractivity contribution < 1.29 is 13.2 Å². The maximum absolute atomic E-state index is 12.7. The summed E-state index contributed by atoms with van der Waals surface area (Å²) in [6.07, 6.45) is 2.79. The summed E-state index contributed by atoms with van der Waals surface area (Å²) in [6, 6.07) is 12.8. The molecule has 26 heavy (non-hydrogen) atoms. The fraction of sp³-hybridized carbons (Fsp3) is 0.389. The molecule has 2 fully saturated rings. The zero-order chi connectivity index (χ0) is 18.3. The molecule has 8 heteroatoms. The molecular formula is C18H20N4O3S. The van der Waals surface area contributed by atoms with Crippen molar-refractivity contribution in [2.45, 2.75) is 6.04 Å². The number of nitrogens with zero attached hydrogens (tertiary/aromatic N) is 4. The Labute approximate surface area is 152 Å². The molecule has 0 unspecified atom stereocenters. The van der Waals surface area contributed by atoms with Gasteiger partial charge in [0.1, 0.15) is 0 Å². The monoisotopic (exact) mass is 372 g/mol. The average Bonchev–Trinajstić information content (AvgIpc) is 3.20. The van der Waals surface area contributed by atoms with Gasteiger partial charge in [-0.15, -0.1) is 5.10 Å². The Morgan fingerprint density at radius 1 is 1.08 bits per heavy atom. The van der Waals surface area contributed by atoms with E-state index in [9.17, 15) is 13.2 Å². The van der Waals surface area contributed by atoms with Crippen LogP contribution < -0.4 is 0 Å². The smallest absolute Gasteiger partial charge is 0.274 e. The zero-order valence-corrected chi connectivity index (χ0v) is 15.2. The van der Waals surface area contributed by atoms with Gasteiger partial charge in [0, 0.05) is 31.7 Å². The summed E-state index contributed by atoms with van der Waals surface area (Å²) in [5.41, 5.74) is 1.29. The Hall–Kier alpha value is -2.32. The quantitative estimate of drug-likeness (QED) is 0.808. The van der Waals surface area contributed by atoms with Gasteiger partial charge in [0.15, 0.2) is 5.69 Å².